The standard InChI is InChI=1S/C20H22FNO2/c21-18-9-3-1-7-16(18)12-11-15-6-5-13-22(14-15)20(24)17-8-2-4-10-19(17)23/h1-4,7-10,15,23H,5-6,11-14H2. The van der Waals surface area contributed by atoms with Crippen molar-refractivity contribution in [1.82, 2.24) is 4.90 Å². The zero-order chi connectivity index (χ0) is 16.9. The van der Waals surface area contributed by atoms with Gasteiger partial charge in [0, 0.05) is 13.1 Å². The monoisotopic (exact) mass is 327 g/mol. The van der Waals surface area contributed by atoms with E-state index >= 15 is 0 Å². The number of nitrogens with zero attached hydrogens (tertiary/aromatic N) is 1. The van der Waals surface area contributed by atoms with Crippen molar-refractivity contribution in [2.45, 2.75) is 25.7 Å². The molecule has 2 aromatic rings. The Labute approximate surface area is 141 Å². The molecule has 1 aliphatic heterocycles. The lowest BCUT2D eigenvalue weighted by molar-refractivity contribution is 0.0665. The Morgan fingerprint density at radius 2 is 1.92 bits per heavy atom. The van der Waals surface area contributed by atoms with Gasteiger partial charge in [-0.3, -0.25) is 4.79 Å². The molecule has 24 heavy (non-hydrogen) atoms. The van der Waals surface area contributed by atoms with Crippen molar-refractivity contribution in [3.8, 4) is 5.75 Å². The number of para-hydroxylation sites is 1. The third-order valence-electron chi connectivity index (χ3n) is 4.72. The smallest absolute Gasteiger partial charge is 0.257 e. The molecule has 1 atom stereocenters. The number of piperidine rings is 1. The molecule has 4 heteroatoms. The maximum atomic E-state index is 13.7. The molecule has 1 saturated heterocycles. The molecule has 0 saturated carbocycles. The highest BCUT2D eigenvalue weighted by Gasteiger charge is 2.25. The van der Waals surface area contributed by atoms with Gasteiger partial charge in [0.15, 0.2) is 0 Å². The van der Waals surface area contributed by atoms with Crippen LogP contribution in [0.4, 0.5) is 4.39 Å². The zero-order valence-corrected chi connectivity index (χ0v) is 13.6. The highest BCUT2D eigenvalue weighted by Crippen LogP contribution is 2.25. The fourth-order valence-corrected chi connectivity index (χ4v) is 3.37. The van der Waals surface area contributed by atoms with Gasteiger partial charge in [0.1, 0.15) is 11.6 Å². The van der Waals surface area contributed by atoms with Gasteiger partial charge in [0.05, 0.1) is 5.56 Å². The molecule has 0 aromatic heterocycles. The van der Waals surface area contributed by atoms with Crippen LogP contribution in [0.15, 0.2) is 48.5 Å². The first kappa shape index (κ1) is 16.5. The molecule has 2 aromatic carbocycles. The van der Waals surface area contributed by atoms with E-state index in [0.717, 1.165) is 24.8 Å². The highest BCUT2D eigenvalue weighted by molar-refractivity contribution is 5.96. The summed E-state index contributed by atoms with van der Waals surface area (Å²) in [7, 11) is 0. The van der Waals surface area contributed by atoms with E-state index < -0.39 is 0 Å². The van der Waals surface area contributed by atoms with Crippen LogP contribution in [-0.4, -0.2) is 29.0 Å². The number of amides is 1. The largest absolute Gasteiger partial charge is 0.507 e. The van der Waals surface area contributed by atoms with E-state index in [1.54, 1.807) is 24.3 Å². The van der Waals surface area contributed by atoms with Gasteiger partial charge in [-0.05, 0) is 55.4 Å². The van der Waals surface area contributed by atoms with E-state index in [-0.39, 0.29) is 17.5 Å². The fourth-order valence-electron chi connectivity index (χ4n) is 3.37. The molecule has 1 amide bonds. The lowest BCUT2D eigenvalue weighted by Gasteiger charge is -2.33. The summed E-state index contributed by atoms with van der Waals surface area (Å²) in [4.78, 5) is 14.4. The number of phenolic OH excluding ortho intramolecular Hbond substituents is 1. The van der Waals surface area contributed by atoms with Crippen molar-refractivity contribution in [2.75, 3.05) is 13.1 Å². The van der Waals surface area contributed by atoms with Crippen LogP contribution in [0.3, 0.4) is 0 Å². The molecule has 0 radical (unpaired) electrons. The van der Waals surface area contributed by atoms with Gasteiger partial charge in [0.2, 0.25) is 0 Å². The first-order valence-electron chi connectivity index (χ1n) is 8.46. The summed E-state index contributed by atoms with van der Waals surface area (Å²) in [5.41, 5.74) is 1.09. The topological polar surface area (TPSA) is 40.5 Å². The Kier molecular flexibility index (Phi) is 5.14. The number of aromatic hydroxyl groups is 1. The molecule has 1 fully saturated rings. The molecule has 0 spiro atoms. The predicted molar refractivity (Wildman–Crippen MR) is 91.5 cm³/mol. The SMILES string of the molecule is O=C(c1ccccc1O)N1CCCC(CCc2ccccc2F)C1. The van der Waals surface area contributed by atoms with Crippen molar-refractivity contribution in [3.05, 3.63) is 65.5 Å². The molecular weight excluding hydrogens is 305 g/mol. The number of rotatable bonds is 4. The van der Waals surface area contributed by atoms with Crippen molar-refractivity contribution in [2.24, 2.45) is 5.92 Å². The Morgan fingerprint density at radius 1 is 1.17 bits per heavy atom. The first-order chi connectivity index (χ1) is 11.6. The maximum absolute atomic E-state index is 13.7. The first-order valence-corrected chi connectivity index (χ1v) is 8.46. The second kappa shape index (κ2) is 7.47. The van der Waals surface area contributed by atoms with Crippen LogP contribution in [0, 0.1) is 11.7 Å². The molecular formula is C20H22FNO2. The van der Waals surface area contributed by atoms with E-state index in [1.807, 2.05) is 17.0 Å². The Bertz CT molecular complexity index is 716. The van der Waals surface area contributed by atoms with Gasteiger partial charge in [-0.25, -0.2) is 4.39 Å². The summed E-state index contributed by atoms with van der Waals surface area (Å²) >= 11 is 0. The third kappa shape index (κ3) is 3.75. The normalized spacial score (nSPS) is 17.7. The van der Waals surface area contributed by atoms with Gasteiger partial charge < -0.3 is 10.0 Å². The van der Waals surface area contributed by atoms with E-state index in [9.17, 15) is 14.3 Å². The van der Waals surface area contributed by atoms with Crippen LogP contribution >= 0.6 is 0 Å². The number of carbonyl (C=O) groups is 1. The minimum atomic E-state index is -0.157. The van der Waals surface area contributed by atoms with Crippen LogP contribution in [0.2, 0.25) is 0 Å². The van der Waals surface area contributed by atoms with Gasteiger partial charge in [-0.1, -0.05) is 30.3 Å². The van der Waals surface area contributed by atoms with E-state index in [1.165, 1.54) is 12.1 Å². The van der Waals surface area contributed by atoms with E-state index in [0.29, 0.717) is 31.0 Å². The second-order valence-electron chi connectivity index (χ2n) is 6.41. The average Bonchev–Trinajstić information content (AvgIpc) is 2.61. The van der Waals surface area contributed by atoms with Crippen molar-refractivity contribution in [3.63, 3.8) is 0 Å². The minimum absolute atomic E-state index is 0.0241. The van der Waals surface area contributed by atoms with Gasteiger partial charge in [-0.15, -0.1) is 0 Å². The number of halogens is 1. The summed E-state index contributed by atoms with van der Waals surface area (Å²) in [5.74, 6) is 0.114. The quantitative estimate of drug-likeness (QED) is 0.921. The predicted octanol–water partition coefficient (Wildman–Crippen LogP) is 4.02. The lowest BCUT2D eigenvalue weighted by atomic mass is 9.91. The van der Waals surface area contributed by atoms with Gasteiger partial charge in [0.25, 0.3) is 5.91 Å². The van der Waals surface area contributed by atoms with E-state index in [4.69, 9.17) is 0 Å². The number of benzene rings is 2. The van der Waals surface area contributed by atoms with Crippen molar-refractivity contribution in [1.29, 1.82) is 0 Å². The molecule has 126 valence electrons. The summed E-state index contributed by atoms with van der Waals surface area (Å²) in [6.45, 7) is 1.38. The number of aryl methyl sites for hydroxylation is 1. The lowest BCUT2D eigenvalue weighted by Crippen LogP contribution is -2.40. The number of phenols is 1. The van der Waals surface area contributed by atoms with Crippen molar-refractivity contribution < 1.29 is 14.3 Å². The van der Waals surface area contributed by atoms with Gasteiger partial charge >= 0.3 is 0 Å². The number of hydrogen-bond donors (Lipinski definition) is 1. The summed E-state index contributed by atoms with van der Waals surface area (Å²) in [6, 6.07) is 13.5. The Balaban J connectivity index is 1.61. The molecule has 1 unspecified atom stereocenters. The molecule has 3 rings (SSSR count). The van der Waals surface area contributed by atoms with Crippen LogP contribution in [0.1, 0.15) is 35.2 Å². The number of hydrogen-bond acceptors (Lipinski definition) is 2. The highest BCUT2D eigenvalue weighted by atomic mass is 19.1. The molecule has 3 nitrogen and oxygen atoms in total. The third-order valence-corrected chi connectivity index (χ3v) is 4.72. The average molecular weight is 327 g/mol. The molecule has 1 heterocycles. The van der Waals surface area contributed by atoms with Crippen LogP contribution < -0.4 is 0 Å². The number of likely N-dealkylation sites (tertiary alicyclic amines) is 1. The Morgan fingerprint density at radius 3 is 2.71 bits per heavy atom. The second-order valence-corrected chi connectivity index (χ2v) is 6.41. The number of carbonyl (C=O) groups excluding carboxylic acids is 1. The fraction of sp³-hybridized carbons (Fsp3) is 0.350. The van der Waals surface area contributed by atoms with Crippen LogP contribution in [-0.2, 0) is 6.42 Å². The summed E-state index contributed by atoms with van der Waals surface area (Å²) < 4.78 is 13.7. The maximum Gasteiger partial charge on any atom is 0.257 e. The van der Waals surface area contributed by atoms with Crippen molar-refractivity contribution >= 4 is 5.91 Å². The summed E-state index contributed by atoms with van der Waals surface area (Å²) in [6.07, 6.45) is 3.56. The molecule has 0 aliphatic carbocycles. The summed E-state index contributed by atoms with van der Waals surface area (Å²) in [5, 5.41) is 9.87. The van der Waals surface area contributed by atoms with Crippen LogP contribution in [0.25, 0.3) is 0 Å². The Hall–Kier alpha value is -2.36. The zero-order valence-electron chi connectivity index (χ0n) is 13.6. The van der Waals surface area contributed by atoms with Gasteiger partial charge in [-0.2, -0.15) is 0 Å². The van der Waals surface area contributed by atoms with Crippen LogP contribution in [0.5, 0.6) is 5.75 Å². The molecule has 1 N–H and O–H groups in total. The molecule has 1 aliphatic rings. The van der Waals surface area contributed by atoms with E-state index in [2.05, 4.69) is 0 Å². The molecule has 0 bridgehead atoms. The minimum Gasteiger partial charge on any atom is -0.507 e.